The Labute approximate surface area is 71.4 Å². The number of hydrogen-bond acceptors (Lipinski definition) is 3. The van der Waals surface area contributed by atoms with Crippen LogP contribution in [-0.2, 0) is 4.79 Å². The number of nitrogens with zero attached hydrogens (tertiary/aromatic N) is 1. The fourth-order valence-corrected chi connectivity index (χ4v) is 1.88. The molecule has 4 nitrogen and oxygen atoms in total. The van der Waals surface area contributed by atoms with Gasteiger partial charge in [0.15, 0.2) is 0 Å². The number of hydrogen-bond donors (Lipinski definition) is 2. The molecule has 2 rings (SSSR count). The van der Waals surface area contributed by atoms with E-state index >= 15 is 0 Å². The quantitative estimate of drug-likeness (QED) is 0.502. The molecule has 0 saturated heterocycles. The van der Waals surface area contributed by atoms with E-state index in [1.165, 1.54) is 11.1 Å². The lowest BCUT2D eigenvalue weighted by molar-refractivity contribution is -0.118. The summed E-state index contributed by atoms with van der Waals surface area (Å²) in [5.74, 6) is -0.232. The Morgan fingerprint density at radius 2 is 2.00 bits per heavy atom. The zero-order chi connectivity index (χ0) is 8.55. The summed E-state index contributed by atoms with van der Waals surface area (Å²) in [6.07, 6.45) is 0. The standard InChI is InChI=1S/C8H13N3O/c9-8(12)5-11-3-6-1-10-2-7(6)4-11/h10H,1-5H2,(H2,9,12). The van der Waals surface area contributed by atoms with Gasteiger partial charge in [-0.3, -0.25) is 9.69 Å². The highest BCUT2D eigenvalue weighted by Crippen LogP contribution is 2.19. The van der Waals surface area contributed by atoms with E-state index in [-0.39, 0.29) is 5.91 Å². The highest BCUT2D eigenvalue weighted by molar-refractivity contribution is 5.76. The minimum Gasteiger partial charge on any atom is -0.369 e. The number of amides is 1. The molecule has 0 aliphatic carbocycles. The molecule has 2 heterocycles. The average molecular weight is 167 g/mol. The van der Waals surface area contributed by atoms with Crippen molar-refractivity contribution in [3.63, 3.8) is 0 Å². The molecule has 0 aromatic heterocycles. The van der Waals surface area contributed by atoms with Crippen LogP contribution in [0.2, 0.25) is 0 Å². The highest BCUT2D eigenvalue weighted by Gasteiger charge is 2.25. The Hall–Kier alpha value is -0.870. The van der Waals surface area contributed by atoms with Gasteiger partial charge in [-0.1, -0.05) is 0 Å². The summed E-state index contributed by atoms with van der Waals surface area (Å²) in [5.41, 5.74) is 8.02. The molecule has 12 heavy (non-hydrogen) atoms. The van der Waals surface area contributed by atoms with Crippen molar-refractivity contribution in [3.8, 4) is 0 Å². The molecule has 1 amide bonds. The summed E-state index contributed by atoms with van der Waals surface area (Å²) in [4.78, 5) is 12.7. The number of carbonyl (C=O) groups excluding carboxylic acids is 1. The molecular weight excluding hydrogens is 154 g/mol. The Bertz CT molecular complexity index is 231. The second kappa shape index (κ2) is 2.88. The summed E-state index contributed by atoms with van der Waals surface area (Å²) >= 11 is 0. The molecule has 0 aromatic rings. The molecule has 0 fully saturated rings. The molecule has 0 aromatic carbocycles. The molecule has 0 unspecified atom stereocenters. The zero-order valence-corrected chi connectivity index (χ0v) is 6.97. The largest absolute Gasteiger partial charge is 0.369 e. The van der Waals surface area contributed by atoms with E-state index in [0.29, 0.717) is 6.54 Å². The third-order valence-corrected chi connectivity index (χ3v) is 2.39. The van der Waals surface area contributed by atoms with Gasteiger partial charge in [0.05, 0.1) is 6.54 Å². The third kappa shape index (κ3) is 1.35. The number of primary amides is 1. The fourth-order valence-electron chi connectivity index (χ4n) is 1.88. The van der Waals surface area contributed by atoms with Crippen molar-refractivity contribution in [2.24, 2.45) is 5.73 Å². The number of rotatable bonds is 2. The molecule has 2 aliphatic rings. The molecule has 4 heteroatoms. The molecule has 0 saturated carbocycles. The van der Waals surface area contributed by atoms with E-state index in [1.807, 2.05) is 0 Å². The summed E-state index contributed by atoms with van der Waals surface area (Å²) < 4.78 is 0. The van der Waals surface area contributed by atoms with Gasteiger partial charge >= 0.3 is 0 Å². The first-order valence-electron chi connectivity index (χ1n) is 4.17. The first-order chi connectivity index (χ1) is 5.75. The lowest BCUT2D eigenvalue weighted by atomic mass is 10.2. The maximum Gasteiger partial charge on any atom is 0.231 e. The molecule has 66 valence electrons. The fraction of sp³-hybridized carbons (Fsp3) is 0.625. The first kappa shape index (κ1) is 7.76. The van der Waals surface area contributed by atoms with Gasteiger partial charge in [-0.2, -0.15) is 0 Å². The molecule has 0 bridgehead atoms. The predicted octanol–water partition coefficient (Wildman–Crippen LogP) is -1.31. The normalized spacial score (nSPS) is 23.3. The van der Waals surface area contributed by atoms with Crippen LogP contribution < -0.4 is 11.1 Å². The number of nitrogens with one attached hydrogen (secondary N) is 1. The van der Waals surface area contributed by atoms with Crippen LogP contribution in [-0.4, -0.2) is 43.5 Å². The smallest absolute Gasteiger partial charge is 0.231 e. The topological polar surface area (TPSA) is 58.4 Å². The Kier molecular flexibility index (Phi) is 1.86. The van der Waals surface area contributed by atoms with Gasteiger partial charge in [-0.25, -0.2) is 0 Å². The maximum absolute atomic E-state index is 10.6. The van der Waals surface area contributed by atoms with Crippen LogP contribution in [0.4, 0.5) is 0 Å². The average Bonchev–Trinajstić information content (AvgIpc) is 2.43. The monoisotopic (exact) mass is 167 g/mol. The van der Waals surface area contributed by atoms with E-state index in [2.05, 4.69) is 10.2 Å². The van der Waals surface area contributed by atoms with Crippen molar-refractivity contribution in [1.29, 1.82) is 0 Å². The van der Waals surface area contributed by atoms with Crippen molar-refractivity contribution in [3.05, 3.63) is 11.1 Å². The number of nitrogens with two attached hydrogens (primary N) is 1. The summed E-state index contributed by atoms with van der Waals surface area (Å²) in [6.45, 7) is 4.22. The van der Waals surface area contributed by atoms with E-state index in [0.717, 1.165) is 26.2 Å². The van der Waals surface area contributed by atoms with Crippen molar-refractivity contribution in [2.75, 3.05) is 32.7 Å². The van der Waals surface area contributed by atoms with Crippen molar-refractivity contribution in [1.82, 2.24) is 10.2 Å². The van der Waals surface area contributed by atoms with E-state index in [4.69, 9.17) is 5.73 Å². The van der Waals surface area contributed by atoms with Crippen LogP contribution in [0.3, 0.4) is 0 Å². The lowest BCUT2D eigenvalue weighted by Crippen LogP contribution is -2.34. The van der Waals surface area contributed by atoms with Crippen LogP contribution in [0.15, 0.2) is 11.1 Å². The van der Waals surface area contributed by atoms with Gasteiger partial charge in [-0.15, -0.1) is 0 Å². The van der Waals surface area contributed by atoms with Gasteiger partial charge in [0.25, 0.3) is 0 Å². The molecule has 2 aliphatic heterocycles. The van der Waals surface area contributed by atoms with E-state index < -0.39 is 0 Å². The van der Waals surface area contributed by atoms with Crippen molar-refractivity contribution in [2.45, 2.75) is 0 Å². The first-order valence-corrected chi connectivity index (χ1v) is 4.17. The summed E-state index contributed by atoms with van der Waals surface area (Å²) in [6, 6.07) is 0. The molecular formula is C8H13N3O. The van der Waals surface area contributed by atoms with Gasteiger partial charge < -0.3 is 11.1 Å². The Balaban J connectivity index is 1.91. The van der Waals surface area contributed by atoms with Gasteiger partial charge in [0.1, 0.15) is 0 Å². The minimum absolute atomic E-state index is 0.232. The predicted molar refractivity (Wildman–Crippen MR) is 45.5 cm³/mol. The Morgan fingerprint density at radius 1 is 1.42 bits per heavy atom. The lowest BCUT2D eigenvalue weighted by Gasteiger charge is -2.14. The van der Waals surface area contributed by atoms with Gasteiger partial charge in [0.2, 0.25) is 5.91 Å². The van der Waals surface area contributed by atoms with E-state index in [9.17, 15) is 4.79 Å². The summed E-state index contributed by atoms with van der Waals surface area (Å²) in [7, 11) is 0. The van der Waals surface area contributed by atoms with Crippen LogP contribution in [0.1, 0.15) is 0 Å². The van der Waals surface area contributed by atoms with Crippen LogP contribution >= 0.6 is 0 Å². The zero-order valence-electron chi connectivity index (χ0n) is 6.97. The molecule has 3 N–H and O–H groups in total. The van der Waals surface area contributed by atoms with E-state index in [1.54, 1.807) is 0 Å². The molecule has 0 atom stereocenters. The molecule has 0 spiro atoms. The maximum atomic E-state index is 10.6. The minimum atomic E-state index is -0.232. The summed E-state index contributed by atoms with van der Waals surface area (Å²) in [5, 5.41) is 3.28. The molecule has 0 radical (unpaired) electrons. The second-order valence-corrected chi connectivity index (χ2v) is 3.42. The number of carbonyl (C=O) groups is 1. The van der Waals surface area contributed by atoms with Gasteiger partial charge in [0, 0.05) is 26.2 Å². The second-order valence-electron chi connectivity index (χ2n) is 3.42. The van der Waals surface area contributed by atoms with Gasteiger partial charge in [-0.05, 0) is 11.1 Å². The SMILES string of the molecule is NC(=O)CN1CC2=C(CNC2)C1. The van der Waals surface area contributed by atoms with Crippen LogP contribution in [0.5, 0.6) is 0 Å². The highest BCUT2D eigenvalue weighted by atomic mass is 16.1. The van der Waals surface area contributed by atoms with Crippen LogP contribution in [0.25, 0.3) is 0 Å². The van der Waals surface area contributed by atoms with Crippen molar-refractivity contribution >= 4 is 5.91 Å². The Morgan fingerprint density at radius 3 is 2.50 bits per heavy atom. The third-order valence-electron chi connectivity index (χ3n) is 2.39. The van der Waals surface area contributed by atoms with Crippen molar-refractivity contribution < 1.29 is 4.79 Å². The van der Waals surface area contributed by atoms with Crippen LogP contribution in [0, 0.1) is 0 Å².